The standard InChI is InChI=1S/C16H21BrN4/c1-11(20-8-6-18-7-9-20)16-19-14-10-12(17)2-5-15(14)21(16)13-3-4-13/h2,5,10-11,13,18H,3-4,6-9H2,1H3. The zero-order chi connectivity index (χ0) is 14.4. The molecular formula is C16H21BrN4. The lowest BCUT2D eigenvalue weighted by molar-refractivity contribution is 0.176. The van der Waals surface area contributed by atoms with E-state index in [9.17, 15) is 0 Å². The molecule has 1 unspecified atom stereocenters. The minimum atomic E-state index is 0.388. The number of rotatable bonds is 3. The van der Waals surface area contributed by atoms with Crippen LogP contribution in [0.4, 0.5) is 0 Å². The Balaban J connectivity index is 1.77. The number of aromatic nitrogens is 2. The molecule has 1 aliphatic heterocycles. The van der Waals surface area contributed by atoms with E-state index in [-0.39, 0.29) is 0 Å². The third-order valence-corrected chi connectivity index (χ3v) is 5.16. The van der Waals surface area contributed by atoms with Crippen LogP contribution in [0.1, 0.15) is 37.7 Å². The third kappa shape index (κ3) is 2.51. The normalized spacial score (nSPS) is 21.8. The highest BCUT2D eigenvalue weighted by atomic mass is 79.9. The van der Waals surface area contributed by atoms with Gasteiger partial charge in [0.25, 0.3) is 0 Å². The SMILES string of the molecule is CC(c1nc2cc(Br)ccc2n1C1CC1)N1CCNCC1. The fourth-order valence-corrected chi connectivity index (χ4v) is 3.68. The van der Waals surface area contributed by atoms with Crippen molar-refractivity contribution in [3.63, 3.8) is 0 Å². The van der Waals surface area contributed by atoms with Gasteiger partial charge in [-0.15, -0.1) is 0 Å². The molecule has 2 aliphatic rings. The van der Waals surface area contributed by atoms with E-state index >= 15 is 0 Å². The van der Waals surface area contributed by atoms with E-state index < -0.39 is 0 Å². The van der Waals surface area contributed by atoms with Crippen LogP contribution in [0.2, 0.25) is 0 Å². The van der Waals surface area contributed by atoms with Crippen molar-refractivity contribution < 1.29 is 0 Å². The molecule has 2 aromatic rings. The highest BCUT2D eigenvalue weighted by molar-refractivity contribution is 9.10. The maximum absolute atomic E-state index is 4.98. The average Bonchev–Trinajstić information content (AvgIpc) is 3.28. The maximum Gasteiger partial charge on any atom is 0.127 e. The summed E-state index contributed by atoms with van der Waals surface area (Å²) in [6.45, 7) is 6.69. The summed E-state index contributed by atoms with van der Waals surface area (Å²) in [6, 6.07) is 7.53. The van der Waals surface area contributed by atoms with Crippen LogP contribution < -0.4 is 5.32 Å². The molecule has 1 aromatic carbocycles. The molecule has 0 spiro atoms. The zero-order valence-electron chi connectivity index (χ0n) is 12.3. The zero-order valence-corrected chi connectivity index (χ0v) is 13.9. The van der Waals surface area contributed by atoms with Gasteiger partial charge in [0.15, 0.2) is 0 Å². The van der Waals surface area contributed by atoms with Gasteiger partial charge in [-0.05, 0) is 38.0 Å². The molecule has 5 heteroatoms. The van der Waals surface area contributed by atoms with E-state index in [1.54, 1.807) is 0 Å². The molecule has 4 rings (SSSR count). The van der Waals surface area contributed by atoms with Crippen molar-refractivity contribution in [1.29, 1.82) is 0 Å². The van der Waals surface area contributed by atoms with E-state index in [1.165, 1.54) is 24.2 Å². The van der Waals surface area contributed by atoms with Crippen molar-refractivity contribution >= 4 is 27.0 Å². The summed E-state index contributed by atoms with van der Waals surface area (Å²) in [5.41, 5.74) is 2.41. The highest BCUT2D eigenvalue weighted by Gasteiger charge is 2.31. The Hall–Kier alpha value is -0.910. The van der Waals surface area contributed by atoms with E-state index in [1.807, 2.05) is 0 Å². The molecule has 1 atom stereocenters. The summed E-state index contributed by atoms with van der Waals surface area (Å²) in [5, 5.41) is 3.43. The molecular weight excluding hydrogens is 328 g/mol. The van der Waals surface area contributed by atoms with Crippen molar-refractivity contribution in [2.75, 3.05) is 26.2 Å². The number of fused-ring (bicyclic) bond motifs is 1. The van der Waals surface area contributed by atoms with Gasteiger partial charge in [0.2, 0.25) is 0 Å². The minimum absolute atomic E-state index is 0.388. The van der Waals surface area contributed by atoms with Crippen molar-refractivity contribution in [3.05, 3.63) is 28.5 Å². The van der Waals surface area contributed by atoms with Gasteiger partial charge in [-0.1, -0.05) is 15.9 Å². The molecule has 1 saturated carbocycles. The summed E-state index contributed by atoms with van der Waals surface area (Å²) in [7, 11) is 0. The second-order valence-electron chi connectivity index (χ2n) is 6.17. The van der Waals surface area contributed by atoms with Gasteiger partial charge in [-0.3, -0.25) is 4.90 Å². The van der Waals surface area contributed by atoms with E-state index in [0.29, 0.717) is 12.1 Å². The van der Waals surface area contributed by atoms with Gasteiger partial charge in [0.1, 0.15) is 5.82 Å². The van der Waals surface area contributed by atoms with E-state index in [0.717, 1.165) is 36.2 Å². The Labute approximate surface area is 133 Å². The highest BCUT2D eigenvalue weighted by Crippen LogP contribution is 2.41. The topological polar surface area (TPSA) is 33.1 Å². The van der Waals surface area contributed by atoms with E-state index in [2.05, 4.69) is 55.8 Å². The van der Waals surface area contributed by atoms with Crippen LogP contribution in [-0.2, 0) is 0 Å². The number of nitrogens with one attached hydrogen (secondary N) is 1. The summed E-state index contributed by atoms with van der Waals surface area (Å²) in [5.74, 6) is 1.24. The van der Waals surface area contributed by atoms with Crippen LogP contribution in [0.15, 0.2) is 22.7 Å². The van der Waals surface area contributed by atoms with Gasteiger partial charge in [0, 0.05) is 36.7 Å². The number of imidazole rings is 1. The monoisotopic (exact) mass is 348 g/mol. The summed E-state index contributed by atoms with van der Waals surface area (Å²) >= 11 is 3.56. The third-order valence-electron chi connectivity index (χ3n) is 4.66. The number of piperazine rings is 1. The Bertz CT molecular complexity index is 656. The van der Waals surface area contributed by atoms with Crippen molar-refractivity contribution in [3.8, 4) is 0 Å². The van der Waals surface area contributed by atoms with Crippen LogP contribution in [0.25, 0.3) is 11.0 Å². The second kappa shape index (κ2) is 5.38. The second-order valence-corrected chi connectivity index (χ2v) is 7.08. The summed E-state index contributed by atoms with van der Waals surface area (Å²) in [6.07, 6.45) is 2.59. The predicted octanol–water partition coefficient (Wildman–Crippen LogP) is 3.10. The number of benzene rings is 1. The molecule has 1 aromatic heterocycles. The number of hydrogen-bond acceptors (Lipinski definition) is 3. The molecule has 1 aliphatic carbocycles. The first kappa shape index (κ1) is 13.7. The molecule has 2 fully saturated rings. The smallest absolute Gasteiger partial charge is 0.127 e. The first-order valence-corrected chi connectivity index (χ1v) is 8.65. The van der Waals surface area contributed by atoms with Crippen LogP contribution in [0.5, 0.6) is 0 Å². The molecule has 0 bridgehead atoms. The molecule has 112 valence electrons. The summed E-state index contributed by atoms with van der Waals surface area (Å²) in [4.78, 5) is 7.53. The fourth-order valence-electron chi connectivity index (χ4n) is 3.33. The Morgan fingerprint density at radius 3 is 2.76 bits per heavy atom. The molecule has 0 amide bonds. The molecule has 21 heavy (non-hydrogen) atoms. The Kier molecular flexibility index (Phi) is 3.52. The Morgan fingerprint density at radius 2 is 2.05 bits per heavy atom. The van der Waals surface area contributed by atoms with Gasteiger partial charge in [0.05, 0.1) is 17.1 Å². The minimum Gasteiger partial charge on any atom is -0.324 e. The number of halogens is 1. The van der Waals surface area contributed by atoms with Gasteiger partial charge in [-0.25, -0.2) is 4.98 Å². The number of nitrogens with zero attached hydrogens (tertiary/aromatic N) is 3. The lowest BCUT2D eigenvalue weighted by Gasteiger charge is -2.32. The lowest BCUT2D eigenvalue weighted by Crippen LogP contribution is -2.45. The molecule has 0 radical (unpaired) electrons. The van der Waals surface area contributed by atoms with Gasteiger partial charge < -0.3 is 9.88 Å². The average molecular weight is 349 g/mol. The number of hydrogen-bond donors (Lipinski definition) is 1. The first-order valence-electron chi connectivity index (χ1n) is 7.86. The summed E-state index contributed by atoms with van der Waals surface area (Å²) < 4.78 is 3.60. The predicted molar refractivity (Wildman–Crippen MR) is 88.6 cm³/mol. The van der Waals surface area contributed by atoms with Crippen molar-refractivity contribution in [2.24, 2.45) is 0 Å². The van der Waals surface area contributed by atoms with Gasteiger partial charge >= 0.3 is 0 Å². The first-order chi connectivity index (χ1) is 10.2. The van der Waals surface area contributed by atoms with Crippen LogP contribution in [-0.4, -0.2) is 40.6 Å². The fraction of sp³-hybridized carbons (Fsp3) is 0.562. The Morgan fingerprint density at radius 1 is 1.29 bits per heavy atom. The molecule has 2 heterocycles. The molecule has 1 N–H and O–H groups in total. The largest absolute Gasteiger partial charge is 0.324 e. The van der Waals surface area contributed by atoms with Crippen molar-refractivity contribution in [1.82, 2.24) is 19.8 Å². The lowest BCUT2D eigenvalue weighted by atomic mass is 10.2. The van der Waals surface area contributed by atoms with Crippen molar-refractivity contribution in [2.45, 2.75) is 31.8 Å². The molecule has 1 saturated heterocycles. The molecule has 4 nitrogen and oxygen atoms in total. The van der Waals surface area contributed by atoms with Crippen LogP contribution in [0, 0.1) is 0 Å². The maximum atomic E-state index is 4.98. The van der Waals surface area contributed by atoms with E-state index in [4.69, 9.17) is 4.98 Å². The quantitative estimate of drug-likeness (QED) is 0.925. The van der Waals surface area contributed by atoms with Crippen LogP contribution >= 0.6 is 15.9 Å². The van der Waals surface area contributed by atoms with Gasteiger partial charge in [-0.2, -0.15) is 0 Å². The van der Waals surface area contributed by atoms with Crippen LogP contribution in [0.3, 0.4) is 0 Å².